The Morgan fingerprint density at radius 3 is 2.61 bits per heavy atom. The molecule has 0 aliphatic carbocycles. The number of hydrogen-bond donors (Lipinski definition) is 3. The molecule has 5 heteroatoms. The van der Waals surface area contributed by atoms with Crippen LogP contribution in [0, 0.1) is 0 Å². The summed E-state index contributed by atoms with van der Waals surface area (Å²) < 4.78 is 0. The van der Waals surface area contributed by atoms with E-state index in [-0.39, 0.29) is 23.0 Å². The maximum absolute atomic E-state index is 12.0. The largest absolute Gasteiger partial charge is 0.508 e. The Bertz CT molecular complexity index is 436. The molecule has 1 amide bonds. The summed E-state index contributed by atoms with van der Waals surface area (Å²) in [5.41, 5.74) is -0.259. The summed E-state index contributed by atoms with van der Waals surface area (Å²) >= 11 is 5.71. The average Bonchev–Trinajstić information content (AvgIpc) is 2.28. The zero-order chi connectivity index (χ0) is 13.8. The molecule has 0 fully saturated rings. The highest BCUT2D eigenvalue weighted by Gasteiger charge is 2.25. The SMILES string of the molecule is CCC(C)(CCCl)NC(=O)c1ccc(O)cc1O. The standard InChI is InChI=1S/C13H18ClNO3/c1-3-13(2,6-7-14)15-12(18)10-5-4-9(16)8-11(10)17/h4-5,8,16-17H,3,6-7H2,1-2H3,(H,15,18). The summed E-state index contributed by atoms with van der Waals surface area (Å²) in [6.45, 7) is 3.87. The summed E-state index contributed by atoms with van der Waals surface area (Å²) in [4.78, 5) is 12.0. The zero-order valence-electron chi connectivity index (χ0n) is 10.5. The van der Waals surface area contributed by atoms with Gasteiger partial charge in [0, 0.05) is 17.5 Å². The van der Waals surface area contributed by atoms with Gasteiger partial charge in [0.2, 0.25) is 0 Å². The fourth-order valence-corrected chi connectivity index (χ4v) is 2.01. The maximum atomic E-state index is 12.0. The van der Waals surface area contributed by atoms with E-state index >= 15 is 0 Å². The second kappa shape index (κ2) is 5.96. The lowest BCUT2D eigenvalue weighted by Crippen LogP contribution is -2.45. The van der Waals surface area contributed by atoms with Crippen molar-refractivity contribution in [2.75, 3.05) is 5.88 Å². The molecular weight excluding hydrogens is 254 g/mol. The molecule has 1 unspecified atom stereocenters. The highest BCUT2D eigenvalue weighted by Crippen LogP contribution is 2.24. The third-order valence-corrected chi connectivity index (χ3v) is 3.26. The van der Waals surface area contributed by atoms with Crippen molar-refractivity contribution in [3.63, 3.8) is 0 Å². The topological polar surface area (TPSA) is 69.6 Å². The molecule has 0 saturated heterocycles. The minimum atomic E-state index is -0.400. The van der Waals surface area contributed by atoms with Crippen molar-refractivity contribution < 1.29 is 15.0 Å². The molecule has 4 nitrogen and oxygen atoms in total. The first-order chi connectivity index (χ1) is 8.41. The van der Waals surface area contributed by atoms with E-state index in [1.807, 2.05) is 13.8 Å². The lowest BCUT2D eigenvalue weighted by molar-refractivity contribution is 0.0899. The number of benzene rings is 1. The highest BCUT2D eigenvalue weighted by atomic mass is 35.5. The summed E-state index contributed by atoms with van der Waals surface area (Å²) in [5.74, 6) is -0.242. The molecule has 18 heavy (non-hydrogen) atoms. The van der Waals surface area contributed by atoms with Crippen molar-refractivity contribution >= 4 is 17.5 Å². The number of aromatic hydroxyl groups is 2. The fraction of sp³-hybridized carbons (Fsp3) is 0.462. The van der Waals surface area contributed by atoms with Crippen LogP contribution in [0.4, 0.5) is 0 Å². The summed E-state index contributed by atoms with van der Waals surface area (Å²) in [6, 6.07) is 3.88. The van der Waals surface area contributed by atoms with Crippen LogP contribution < -0.4 is 5.32 Å². The first-order valence-corrected chi connectivity index (χ1v) is 6.36. The van der Waals surface area contributed by atoms with Crippen LogP contribution in [-0.2, 0) is 0 Å². The van der Waals surface area contributed by atoms with Gasteiger partial charge in [-0.25, -0.2) is 0 Å². The Kier molecular flexibility index (Phi) is 4.84. The molecule has 100 valence electrons. The molecular formula is C13H18ClNO3. The van der Waals surface area contributed by atoms with Gasteiger partial charge in [0.1, 0.15) is 11.5 Å². The van der Waals surface area contributed by atoms with E-state index in [0.717, 1.165) is 12.5 Å². The Balaban J connectivity index is 2.87. The van der Waals surface area contributed by atoms with Crippen LogP contribution in [0.5, 0.6) is 11.5 Å². The predicted octanol–water partition coefficient (Wildman–Crippen LogP) is 2.63. The van der Waals surface area contributed by atoms with Gasteiger partial charge >= 0.3 is 0 Å². The van der Waals surface area contributed by atoms with Gasteiger partial charge in [-0.1, -0.05) is 6.92 Å². The van der Waals surface area contributed by atoms with E-state index < -0.39 is 5.54 Å². The number of phenols is 2. The first-order valence-electron chi connectivity index (χ1n) is 5.82. The van der Waals surface area contributed by atoms with E-state index in [2.05, 4.69) is 5.32 Å². The minimum Gasteiger partial charge on any atom is -0.508 e. The Morgan fingerprint density at radius 2 is 2.11 bits per heavy atom. The molecule has 0 aliphatic heterocycles. The molecule has 0 aliphatic rings. The average molecular weight is 272 g/mol. The van der Waals surface area contributed by atoms with Crippen molar-refractivity contribution in [3.05, 3.63) is 23.8 Å². The molecule has 0 heterocycles. The number of nitrogens with one attached hydrogen (secondary N) is 1. The van der Waals surface area contributed by atoms with Crippen LogP contribution >= 0.6 is 11.6 Å². The van der Waals surface area contributed by atoms with Gasteiger partial charge in [0.05, 0.1) is 5.56 Å². The molecule has 0 aromatic heterocycles. The Labute approximate surface area is 112 Å². The third-order valence-electron chi connectivity index (χ3n) is 3.07. The number of carbonyl (C=O) groups excluding carboxylic acids is 1. The molecule has 0 bridgehead atoms. The third kappa shape index (κ3) is 3.53. The van der Waals surface area contributed by atoms with E-state index in [1.165, 1.54) is 12.1 Å². The quantitative estimate of drug-likeness (QED) is 0.721. The Hall–Kier alpha value is -1.42. The van der Waals surface area contributed by atoms with E-state index in [4.69, 9.17) is 11.6 Å². The van der Waals surface area contributed by atoms with E-state index in [9.17, 15) is 15.0 Å². The molecule has 0 radical (unpaired) electrons. The lowest BCUT2D eigenvalue weighted by atomic mass is 9.95. The van der Waals surface area contributed by atoms with Gasteiger partial charge in [0.25, 0.3) is 5.91 Å². The molecule has 0 saturated carbocycles. The monoisotopic (exact) mass is 271 g/mol. The number of carbonyl (C=O) groups is 1. The van der Waals surface area contributed by atoms with Crippen LogP contribution in [0.15, 0.2) is 18.2 Å². The zero-order valence-corrected chi connectivity index (χ0v) is 11.3. The number of phenolic OH excluding ortho intramolecular Hbond substituents is 2. The second-order valence-electron chi connectivity index (χ2n) is 4.51. The minimum absolute atomic E-state index is 0.0805. The molecule has 1 aromatic carbocycles. The van der Waals surface area contributed by atoms with Crippen LogP contribution in [0.3, 0.4) is 0 Å². The molecule has 1 aromatic rings. The van der Waals surface area contributed by atoms with Crippen molar-refractivity contribution in [1.82, 2.24) is 5.32 Å². The van der Waals surface area contributed by atoms with E-state index in [0.29, 0.717) is 12.3 Å². The molecule has 0 spiro atoms. The van der Waals surface area contributed by atoms with Crippen LogP contribution in [0.1, 0.15) is 37.0 Å². The van der Waals surface area contributed by atoms with Crippen LogP contribution in [0.2, 0.25) is 0 Å². The number of hydrogen-bond acceptors (Lipinski definition) is 3. The predicted molar refractivity (Wildman–Crippen MR) is 71.3 cm³/mol. The summed E-state index contributed by atoms with van der Waals surface area (Å²) in [7, 11) is 0. The summed E-state index contributed by atoms with van der Waals surface area (Å²) in [5, 5.41) is 21.6. The first kappa shape index (κ1) is 14.6. The van der Waals surface area contributed by atoms with Gasteiger partial charge in [-0.3, -0.25) is 4.79 Å². The molecule has 3 N–H and O–H groups in total. The van der Waals surface area contributed by atoms with E-state index in [1.54, 1.807) is 0 Å². The maximum Gasteiger partial charge on any atom is 0.255 e. The van der Waals surface area contributed by atoms with Crippen molar-refractivity contribution in [1.29, 1.82) is 0 Å². The number of halogens is 1. The molecule has 1 atom stereocenters. The second-order valence-corrected chi connectivity index (χ2v) is 4.89. The lowest BCUT2D eigenvalue weighted by Gasteiger charge is -2.29. The van der Waals surface area contributed by atoms with Gasteiger partial charge in [-0.15, -0.1) is 11.6 Å². The van der Waals surface area contributed by atoms with Crippen LogP contribution in [0.25, 0.3) is 0 Å². The number of alkyl halides is 1. The van der Waals surface area contributed by atoms with Crippen molar-refractivity contribution in [2.24, 2.45) is 0 Å². The van der Waals surface area contributed by atoms with Crippen molar-refractivity contribution in [2.45, 2.75) is 32.2 Å². The van der Waals surface area contributed by atoms with Crippen molar-refractivity contribution in [3.8, 4) is 11.5 Å². The van der Waals surface area contributed by atoms with Crippen LogP contribution in [-0.4, -0.2) is 27.5 Å². The van der Waals surface area contributed by atoms with Gasteiger partial charge in [-0.2, -0.15) is 0 Å². The van der Waals surface area contributed by atoms with Gasteiger partial charge < -0.3 is 15.5 Å². The smallest absolute Gasteiger partial charge is 0.255 e. The van der Waals surface area contributed by atoms with Gasteiger partial charge in [-0.05, 0) is 31.9 Å². The highest BCUT2D eigenvalue weighted by molar-refractivity contribution is 6.17. The molecule has 1 rings (SSSR count). The normalized spacial score (nSPS) is 13.9. The number of amides is 1. The fourth-order valence-electron chi connectivity index (χ4n) is 1.59. The summed E-state index contributed by atoms with van der Waals surface area (Å²) in [6.07, 6.45) is 1.39. The Morgan fingerprint density at radius 1 is 1.44 bits per heavy atom. The van der Waals surface area contributed by atoms with Gasteiger partial charge in [0.15, 0.2) is 0 Å². The number of rotatable bonds is 5.